The van der Waals surface area contributed by atoms with E-state index in [9.17, 15) is 0 Å². The lowest BCUT2D eigenvalue weighted by atomic mass is 10.1. The number of para-hydroxylation sites is 2. The lowest BCUT2D eigenvalue weighted by molar-refractivity contribution is 0.822. The van der Waals surface area contributed by atoms with Crippen molar-refractivity contribution in [2.75, 3.05) is 29.9 Å². The maximum atomic E-state index is 8.96. The highest BCUT2D eigenvalue weighted by molar-refractivity contribution is 6.32. The van der Waals surface area contributed by atoms with Crippen LogP contribution in [0.4, 0.5) is 17.1 Å². The Labute approximate surface area is 123 Å². The third-order valence-electron chi connectivity index (χ3n) is 3.63. The molecule has 0 fully saturated rings. The SMILES string of the molecule is CN1CCN(c2ccc(C#N)c(Cl)c2)c2ccccc21. The van der Waals surface area contributed by atoms with Crippen molar-refractivity contribution >= 4 is 28.7 Å². The van der Waals surface area contributed by atoms with Gasteiger partial charge in [-0.3, -0.25) is 0 Å². The van der Waals surface area contributed by atoms with E-state index in [1.54, 1.807) is 6.07 Å². The van der Waals surface area contributed by atoms with Gasteiger partial charge in [0.1, 0.15) is 6.07 Å². The number of hydrogen-bond donors (Lipinski definition) is 0. The summed E-state index contributed by atoms with van der Waals surface area (Å²) in [7, 11) is 2.10. The van der Waals surface area contributed by atoms with Gasteiger partial charge in [-0.2, -0.15) is 5.26 Å². The van der Waals surface area contributed by atoms with Crippen LogP contribution in [-0.2, 0) is 0 Å². The first-order chi connectivity index (χ1) is 9.70. The summed E-state index contributed by atoms with van der Waals surface area (Å²) in [5.74, 6) is 0. The minimum Gasteiger partial charge on any atom is -0.371 e. The topological polar surface area (TPSA) is 30.3 Å². The Balaban J connectivity index is 2.06. The average Bonchev–Trinajstić information content (AvgIpc) is 2.48. The smallest absolute Gasteiger partial charge is 0.101 e. The molecule has 0 N–H and O–H groups in total. The zero-order chi connectivity index (χ0) is 14.1. The molecular weight excluding hydrogens is 270 g/mol. The fourth-order valence-electron chi connectivity index (χ4n) is 2.54. The molecule has 0 aliphatic carbocycles. The van der Waals surface area contributed by atoms with Crippen molar-refractivity contribution in [3.8, 4) is 6.07 Å². The molecule has 0 saturated heterocycles. The van der Waals surface area contributed by atoms with E-state index in [0.717, 1.165) is 18.8 Å². The van der Waals surface area contributed by atoms with E-state index in [2.05, 4.69) is 35.0 Å². The maximum absolute atomic E-state index is 8.96. The van der Waals surface area contributed by atoms with Crippen molar-refractivity contribution in [1.82, 2.24) is 0 Å². The van der Waals surface area contributed by atoms with Crippen LogP contribution in [0.2, 0.25) is 5.02 Å². The number of nitrogens with zero attached hydrogens (tertiary/aromatic N) is 3. The van der Waals surface area contributed by atoms with E-state index in [0.29, 0.717) is 10.6 Å². The molecular formula is C16H14ClN3. The summed E-state index contributed by atoms with van der Waals surface area (Å²) in [6.45, 7) is 1.85. The largest absolute Gasteiger partial charge is 0.371 e. The van der Waals surface area contributed by atoms with E-state index in [1.165, 1.54) is 11.4 Å². The standard InChI is InChI=1S/C16H14ClN3/c1-19-8-9-20(16-5-3-2-4-15(16)19)13-7-6-12(11-18)14(17)10-13/h2-7,10H,8-9H2,1H3. The molecule has 2 aromatic carbocycles. The second-order valence-electron chi connectivity index (χ2n) is 4.84. The van der Waals surface area contributed by atoms with Crippen molar-refractivity contribution in [2.24, 2.45) is 0 Å². The lowest BCUT2D eigenvalue weighted by Gasteiger charge is -2.37. The molecule has 0 radical (unpaired) electrons. The number of likely N-dealkylation sites (N-methyl/N-ethyl adjacent to an activating group) is 1. The summed E-state index contributed by atoms with van der Waals surface area (Å²) in [6, 6.07) is 16.0. The van der Waals surface area contributed by atoms with Gasteiger partial charge in [0.25, 0.3) is 0 Å². The number of fused-ring (bicyclic) bond motifs is 1. The first kappa shape index (κ1) is 12.8. The van der Waals surface area contributed by atoms with Crippen molar-refractivity contribution in [3.05, 3.63) is 53.1 Å². The van der Waals surface area contributed by atoms with Crippen LogP contribution < -0.4 is 9.80 Å². The number of nitriles is 1. The van der Waals surface area contributed by atoms with E-state index in [4.69, 9.17) is 16.9 Å². The molecule has 0 spiro atoms. The monoisotopic (exact) mass is 283 g/mol. The average molecular weight is 284 g/mol. The summed E-state index contributed by atoms with van der Waals surface area (Å²) in [6.07, 6.45) is 0. The molecule has 1 aliphatic rings. The summed E-state index contributed by atoms with van der Waals surface area (Å²) in [4.78, 5) is 4.49. The maximum Gasteiger partial charge on any atom is 0.101 e. The fourth-order valence-corrected chi connectivity index (χ4v) is 2.75. The highest BCUT2D eigenvalue weighted by atomic mass is 35.5. The number of rotatable bonds is 1. The quantitative estimate of drug-likeness (QED) is 0.797. The molecule has 0 aromatic heterocycles. The van der Waals surface area contributed by atoms with E-state index in [-0.39, 0.29) is 0 Å². The molecule has 0 unspecified atom stereocenters. The Bertz CT molecular complexity index is 690. The van der Waals surface area contributed by atoms with Crippen LogP contribution in [0.3, 0.4) is 0 Å². The number of halogens is 1. The molecule has 3 nitrogen and oxygen atoms in total. The predicted octanol–water partition coefficient (Wildman–Crippen LogP) is 3.80. The van der Waals surface area contributed by atoms with Gasteiger partial charge in [0.05, 0.1) is 22.0 Å². The fraction of sp³-hybridized carbons (Fsp3) is 0.188. The summed E-state index contributed by atoms with van der Waals surface area (Å²) < 4.78 is 0. The van der Waals surface area contributed by atoms with Gasteiger partial charge >= 0.3 is 0 Å². The van der Waals surface area contributed by atoms with Crippen LogP contribution in [0, 0.1) is 11.3 Å². The molecule has 0 amide bonds. The first-order valence-electron chi connectivity index (χ1n) is 6.48. The molecule has 0 saturated carbocycles. The number of hydrogen-bond acceptors (Lipinski definition) is 3. The van der Waals surface area contributed by atoms with Crippen LogP contribution in [-0.4, -0.2) is 20.1 Å². The van der Waals surface area contributed by atoms with E-state index >= 15 is 0 Å². The van der Waals surface area contributed by atoms with E-state index in [1.807, 2.05) is 24.3 Å². The van der Waals surface area contributed by atoms with Gasteiger partial charge in [-0.15, -0.1) is 0 Å². The first-order valence-corrected chi connectivity index (χ1v) is 6.86. The molecule has 2 aromatic rings. The van der Waals surface area contributed by atoms with Crippen LogP contribution in [0.15, 0.2) is 42.5 Å². The highest BCUT2D eigenvalue weighted by Gasteiger charge is 2.21. The Kier molecular flexibility index (Phi) is 3.25. The van der Waals surface area contributed by atoms with Crippen LogP contribution in [0.1, 0.15) is 5.56 Å². The third kappa shape index (κ3) is 2.09. The lowest BCUT2D eigenvalue weighted by Crippen LogP contribution is -2.36. The Hall–Kier alpha value is -2.18. The minimum atomic E-state index is 0.501. The predicted molar refractivity (Wildman–Crippen MR) is 82.9 cm³/mol. The highest BCUT2D eigenvalue weighted by Crippen LogP contribution is 2.37. The third-order valence-corrected chi connectivity index (χ3v) is 3.94. The van der Waals surface area contributed by atoms with Gasteiger partial charge in [-0.1, -0.05) is 23.7 Å². The Morgan fingerprint density at radius 2 is 1.85 bits per heavy atom. The zero-order valence-corrected chi connectivity index (χ0v) is 11.9. The number of anilines is 3. The molecule has 3 rings (SSSR count). The van der Waals surface area contributed by atoms with Gasteiger partial charge in [0, 0.05) is 25.8 Å². The van der Waals surface area contributed by atoms with Crippen molar-refractivity contribution in [2.45, 2.75) is 0 Å². The second kappa shape index (κ2) is 5.07. The molecule has 0 atom stereocenters. The Morgan fingerprint density at radius 3 is 2.55 bits per heavy atom. The van der Waals surface area contributed by atoms with Crippen molar-refractivity contribution in [3.63, 3.8) is 0 Å². The summed E-state index contributed by atoms with van der Waals surface area (Å²) in [5.41, 5.74) is 3.91. The van der Waals surface area contributed by atoms with Crippen LogP contribution >= 0.6 is 11.6 Å². The van der Waals surface area contributed by atoms with E-state index < -0.39 is 0 Å². The van der Waals surface area contributed by atoms with Gasteiger partial charge < -0.3 is 9.80 Å². The molecule has 4 heteroatoms. The summed E-state index contributed by atoms with van der Waals surface area (Å²) in [5, 5.41) is 9.46. The molecule has 1 aliphatic heterocycles. The zero-order valence-electron chi connectivity index (χ0n) is 11.2. The van der Waals surface area contributed by atoms with Crippen molar-refractivity contribution in [1.29, 1.82) is 5.26 Å². The molecule has 20 heavy (non-hydrogen) atoms. The normalized spacial score (nSPS) is 13.8. The molecule has 0 bridgehead atoms. The summed E-state index contributed by atoms with van der Waals surface area (Å²) >= 11 is 6.14. The van der Waals surface area contributed by atoms with Crippen LogP contribution in [0.25, 0.3) is 0 Å². The van der Waals surface area contributed by atoms with Gasteiger partial charge in [0.2, 0.25) is 0 Å². The van der Waals surface area contributed by atoms with Gasteiger partial charge in [-0.25, -0.2) is 0 Å². The van der Waals surface area contributed by atoms with Crippen LogP contribution in [0.5, 0.6) is 0 Å². The Morgan fingerprint density at radius 1 is 1.10 bits per heavy atom. The second-order valence-corrected chi connectivity index (χ2v) is 5.25. The van der Waals surface area contributed by atoms with Gasteiger partial charge in [-0.05, 0) is 30.3 Å². The van der Waals surface area contributed by atoms with Gasteiger partial charge in [0.15, 0.2) is 0 Å². The minimum absolute atomic E-state index is 0.501. The molecule has 100 valence electrons. The van der Waals surface area contributed by atoms with Crippen molar-refractivity contribution < 1.29 is 0 Å². The molecule has 1 heterocycles. The number of benzene rings is 2.